The van der Waals surface area contributed by atoms with Crippen LogP contribution in [0.25, 0.3) is 0 Å². The molecular formula is C15H22F2N2O3. The quantitative estimate of drug-likeness (QED) is 0.688. The maximum atomic E-state index is 13.3. The third-order valence-electron chi connectivity index (χ3n) is 3.29. The minimum atomic E-state index is -0.979. The number of amides is 2. The van der Waals surface area contributed by atoms with Gasteiger partial charge in [0.05, 0.1) is 12.6 Å². The zero-order chi connectivity index (χ0) is 16.5. The fourth-order valence-electron chi connectivity index (χ4n) is 2.04. The van der Waals surface area contributed by atoms with Crippen LogP contribution in [0, 0.1) is 11.6 Å². The van der Waals surface area contributed by atoms with Gasteiger partial charge >= 0.3 is 6.03 Å². The van der Waals surface area contributed by atoms with E-state index in [0.29, 0.717) is 18.4 Å². The number of hydrogen-bond donors (Lipinski definition) is 3. The summed E-state index contributed by atoms with van der Waals surface area (Å²) < 4.78 is 31.3. The number of benzene rings is 1. The van der Waals surface area contributed by atoms with Gasteiger partial charge in [0.25, 0.3) is 0 Å². The number of carbonyl (C=O) groups excluding carboxylic acids is 1. The highest BCUT2D eigenvalue weighted by atomic mass is 19.2. The van der Waals surface area contributed by atoms with E-state index in [2.05, 4.69) is 10.6 Å². The van der Waals surface area contributed by atoms with E-state index in [1.54, 1.807) is 0 Å². The van der Waals surface area contributed by atoms with Crippen molar-refractivity contribution in [2.75, 3.05) is 20.3 Å². The molecule has 0 bridgehead atoms. The lowest BCUT2D eigenvalue weighted by molar-refractivity contribution is 0.164. The van der Waals surface area contributed by atoms with Crippen molar-refractivity contribution < 1.29 is 23.4 Å². The van der Waals surface area contributed by atoms with Crippen molar-refractivity contribution in [2.24, 2.45) is 0 Å². The number of urea groups is 1. The molecule has 0 heterocycles. The van der Waals surface area contributed by atoms with Crippen molar-refractivity contribution >= 4 is 6.03 Å². The zero-order valence-corrected chi connectivity index (χ0v) is 12.7. The van der Waals surface area contributed by atoms with Gasteiger partial charge in [-0.3, -0.25) is 0 Å². The molecule has 5 nitrogen and oxygen atoms in total. The molecule has 22 heavy (non-hydrogen) atoms. The predicted molar refractivity (Wildman–Crippen MR) is 78.4 cm³/mol. The van der Waals surface area contributed by atoms with Gasteiger partial charge in [-0.15, -0.1) is 0 Å². The molecule has 0 saturated heterocycles. The summed E-state index contributed by atoms with van der Waals surface area (Å²) in [6.45, 7) is 1.99. The molecular weight excluding hydrogens is 294 g/mol. The number of carbonyl (C=O) groups is 1. The van der Waals surface area contributed by atoms with E-state index >= 15 is 0 Å². The van der Waals surface area contributed by atoms with Crippen molar-refractivity contribution in [3.63, 3.8) is 0 Å². The summed E-state index contributed by atoms with van der Waals surface area (Å²) in [4.78, 5) is 12.0. The van der Waals surface area contributed by atoms with Crippen LogP contribution in [-0.4, -0.2) is 37.5 Å². The third kappa shape index (κ3) is 5.57. The summed E-state index contributed by atoms with van der Waals surface area (Å²) in [7, 11) is 1.45. The van der Waals surface area contributed by atoms with E-state index < -0.39 is 23.7 Å². The number of halogens is 2. The fraction of sp³-hybridized carbons (Fsp3) is 0.533. The number of methoxy groups -OCH3 is 1. The van der Waals surface area contributed by atoms with Gasteiger partial charge in [-0.25, -0.2) is 13.6 Å². The predicted octanol–water partition coefficient (Wildman–Crippen LogP) is 2.11. The topological polar surface area (TPSA) is 70.6 Å². The lowest BCUT2D eigenvalue weighted by Gasteiger charge is -2.22. The Morgan fingerprint density at radius 3 is 2.59 bits per heavy atom. The van der Waals surface area contributed by atoms with Gasteiger partial charge in [-0.05, 0) is 30.5 Å². The summed E-state index contributed by atoms with van der Waals surface area (Å²) in [5.74, 6) is -1.93. The zero-order valence-electron chi connectivity index (χ0n) is 12.7. The van der Waals surface area contributed by atoms with E-state index in [0.717, 1.165) is 12.1 Å². The molecule has 1 aromatic carbocycles. The van der Waals surface area contributed by atoms with Crippen LogP contribution in [0.15, 0.2) is 18.2 Å². The molecule has 2 unspecified atom stereocenters. The van der Waals surface area contributed by atoms with Crippen LogP contribution in [0.3, 0.4) is 0 Å². The minimum absolute atomic E-state index is 0.0243. The van der Waals surface area contributed by atoms with Crippen LogP contribution in [0.4, 0.5) is 13.6 Å². The minimum Gasteiger partial charge on any atom is -0.396 e. The largest absolute Gasteiger partial charge is 0.396 e. The van der Waals surface area contributed by atoms with Crippen LogP contribution < -0.4 is 10.6 Å². The molecule has 0 radical (unpaired) electrons. The number of hydrogen-bond acceptors (Lipinski definition) is 3. The van der Waals surface area contributed by atoms with E-state index in [-0.39, 0.29) is 19.3 Å². The summed E-state index contributed by atoms with van der Waals surface area (Å²) >= 11 is 0. The van der Waals surface area contributed by atoms with Crippen molar-refractivity contribution in [1.82, 2.24) is 10.6 Å². The van der Waals surface area contributed by atoms with Crippen LogP contribution >= 0.6 is 0 Å². The molecule has 2 amide bonds. The number of aliphatic hydroxyl groups excluding tert-OH is 1. The monoisotopic (exact) mass is 316 g/mol. The highest BCUT2D eigenvalue weighted by Crippen LogP contribution is 2.17. The second-order valence-electron chi connectivity index (χ2n) is 4.92. The van der Waals surface area contributed by atoms with Gasteiger partial charge in [-0.1, -0.05) is 13.0 Å². The Morgan fingerprint density at radius 2 is 2.05 bits per heavy atom. The fourth-order valence-corrected chi connectivity index (χ4v) is 2.04. The maximum absolute atomic E-state index is 13.3. The molecule has 1 rings (SSSR count). The SMILES string of the molecule is CCC(CCO)NC(=O)NC(COC)c1ccc(F)c(F)c1. The molecule has 3 N–H and O–H groups in total. The number of aliphatic hydroxyl groups is 1. The molecule has 0 aromatic heterocycles. The van der Waals surface area contributed by atoms with Crippen molar-refractivity contribution in [1.29, 1.82) is 0 Å². The maximum Gasteiger partial charge on any atom is 0.315 e. The third-order valence-corrected chi connectivity index (χ3v) is 3.29. The van der Waals surface area contributed by atoms with E-state index in [1.807, 2.05) is 6.92 Å². The Bertz CT molecular complexity index is 486. The Morgan fingerprint density at radius 1 is 1.32 bits per heavy atom. The van der Waals surface area contributed by atoms with Gasteiger partial charge in [0.15, 0.2) is 11.6 Å². The molecule has 7 heteroatoms. The van der Waals surface area contributed by atoms with Crippen LogP contribution in [0.2, 0.25) is 0 Å². The summed E-state index contributed by atoms with van der Waals surface area (Å²) in [5.41, 5.74) is 0.408. The van der Waals surface area contributed by atoms with Gasteiger partial charge < -0.3 is 20.5 Å². The molecule has 0 fully saturated rings. The van der Waals surface area contributed by atoms with E-state index in [9.17, 15) is 13.6 Å². The first kappa shape index (κ1) is 18.3. The van der Waals surface area contributed by atoms with Gasteiger partial charge in [0, 0.05) is 19.8 Å². The Hall–Kier alpha value is -1.73. The Labute approximate surface area is 128 Å². The number of ether oxygens (including phenoxy) is 1. The number of nitrogens with one attached hydrogen (secondary N) is 2. The first-order valence-corrected chi connectivity index (χ1v) is 7.13. The Kier molecular flexibility index (Phi) is 7.76. The average Bonchev–Trinajstić information content (AvgIpc) is 2.49. The summed E-state index contributed by atoms with van der Waals surface area (Å²) in [5, 5.41) is 14.3. The van der Waals surface area contributed by atoms with Gasteiger partial charge in [0.2, 0.25) is 0 Å². The second kappa shape index (κ2) is 9.32. The molecule has 0 aliphatic rings. The second-order valence-corrected chi connectivity index (χ2v) is 4.92. The standard InChI is InChI=1S/C15H22F2N2O3/c1-3-11(6-7-20)18-15(21)19-14(9-22-2)10-4-5-12(16)13(17)8-10/h4-5,8,11,14,20H,3,6-7,9H2,1-2H3,(H2,18,19,21). The number of rotatable bonds is 8. The van der Waals surface area contributed by atoms with Crippen molar-refractivity contribution in [3.05, 3.63) is 35.4 Å². The van der Waals surface area contributed by atoms with Crippen LogP contribution in [0.1, 0.15) is 31.4 Å². The van der Waals surface area contributed by atoms with Crippen molar-refractivity contribution in [3.8, 4) is 0 Å². The Balaban J connectivity index is 2.74. The van der Waals surface area contributed by atoms with E-state index in [1.165, 1.54) is 13.2 Å². The van der Waals surface area contributed by atoms with Gasteiger partial charge in [0.1, 0.15) is 0 Å². The molecule has 124 valence electrons. The summed E-state index contributed by atoms with van der Waals surface area (Å²) in [6, 6.07) is 2.22. The molecule has 0 saturated carbocycles. The van der Waals surface area contributed by atoms with Gasteiger partial charge in [-0.2, -0.15) is 0 Å². The smallest absolute Gasteiger partial charge is 0.315 e. The lowest BCUT2D eigenvalue weighted by Crippen LogP contribution is -2.44. The molecule has 0 aliphatic carbocycles. The van der Waals surface area contributed by atoms with Crippen LogP contribution in [-0.2, 0) is 4.74 Å². The lowest BCUT2D eigenvalue weighted by atomic mass is 10.1. The van der Waals surface area contributed by atoms with Crippen molar-refractivity contribution in [2.45, 2.75) is 31.8 Å². The van der Waals surface area contributed by atoms with E-state index in [4.69, 9.17) is 9.84 Å². The molecule has 0 spiro atoms. The highest BCUT2D eigenvalue weighted by Gasteiger charge is 2.18. The molecule has 1 aromatic rings. The van der Waals surface area contributed by atoms with Crippen LogP contribution in [0.5, 0.6) is 0 Å². The first-order valence-electron chi connectivity index (χ1n) is 7.13. The average molecular weight is 316 g/mol. The molecule has 2 atom stereocenters. The summed E-state index contributed by atoms with van der Waals surface area (Å²) in [6.07, 6.45) is 1.12. The first-order chi connectivity index (χ1) is 10.5. The molecule has 0 aliphatic heterocycles. The highest BCUT2D eigenvalue weighted by molar-refractivity contribution is 5.74. The normalized spacial score (nSPS) is 13.5.